The second-order valence-corrected chi connectivity index (χ2v) is 12.3. The molecule has 1 atom stereocenters. The molecule has 4 aromatic carbocycles. The van der Waals surface area contributed by atoms with Gasteiger partial charge in [0.2, 0.25) is 0 Å². The van der Waals surface area contributed by atoms with Gasteiger partial charge in [-0.25, -0.2) is 0 Å². The molecule has 1 unspecified atom stereocenters. The number of hydrogen-bond donors (Lipinski definition) is 0. The Bertz CT molecular complexity index is 2240. The second kappa shape index (κ2) is 10.3. The van der Waals surface area contributed by atoms with Gasteiger partial charge in [0.25, 0.3) is 0 Å². The standard InChI is InChI=1S/C42H34N2/c1-3-14-33(15-4-1)43-39-20-9-7-18-35(39)37-27-31(22-24-41(37)43)29-12-11-13-30(26-29)32-23-25-42-38(28-32)36-19-8-10-21-40(36)44(42)34-16-5-2-6-17-34/h1,3-5,7-12,14-22,24,26-28,30H,2,6,13,23,25H2. The third-order valence-electron chi connectivity index (χ3n) is 9.79. The fourth-order valence-electron chi connectivity index (χ4n) is 7.74. The Morgan fingerprint density at radius 3 is 2.23 bits per heavy atom. The lowest BCUT2D eigenvalue weighted by molar-refractivity contribution is 0.704. The van der Waals surface area contributed by atoms with Gasteiger partial charge in [-0.05, 0) is 85.7 Å². The number of nitrogens with zero attached hydrogens (tertiary/aromatic N) is 2. The Kier molecular flexibility index (Phi) is 5.94. The molecule has 0 spiro atoms. The van der Waals surface area contributed by atoms with Crippen molar-refractivity contribution in [2.45, 2.75) is 32.1 Å². The number of rotatable bonds is 4. The average molecular weight is 567 g/mol. The summed E-state index contributed by atoms with van der Waals surface area (Å²) in [7, 11) is 0. The van der Waals surface area contributed by atoms with Gasteiger partial charge in [-0.3, -0.25) is 0 Å². The molecule has 2 aromatic heterocycles. The predicted octanol–water partition coefficient (Wildman–Crippen LogP) is 10.9. The van der Waals surface area contributed by atoms with Gasteiger partial charge in [0.15, 0.2) is 0 Å². The molecular weight excluding hydrogens is 532 g/mol. The summed E-state index contributed by atoms with van der Waals surface area (Å²) in [6.07, 6.45) is 22.3. The van der Waals surface area contributed by atoms with E-state index >= 15 is 0 Å². The minimum Gasteiger partial charge on any atom is -0.313 e. The van der Waals surface area contributed by atoms with E-state index in [0.29, 0.717) is 5.92 Å². The van der Waals surface area contributed by atoms with Crippen molar-refractivity contribution < 1.29 is 0 Å². The smallest absolute Gasteiger partial charge is 0.0541 e. The number of allylic oxidation sites excluding steroid dienone is 9. The van der Waals surface area contributed by atoms with Crippen molar-refractivity contribution in [3.05, 3.63) is 156 Å². The summed E-state index contributed by atoms with van der Waals surface area (Å²) in [4.78, 5) is 0. The molecule has 0 bridgehead atoms. The summed E-state index contributed by atoms with van der Waals surface area (Å²) >= 11 is 0. The Labute approximate surface area is 258 Å². The molecule has 2 nitrogen and oxygen atoms in total. The van der Waals surface area contributed by atoms with Crippen LogP contribution in [0.1, 0.15) is 42.5 Å². The summed E-state index contributed by atoms with van der Waals surface area (Å²) in [5.41, 5.74) is 13.4. The van der Waals surface area contributed by atoms with Crippen molar-refractivity contribution >= 4 is 50.1 Å². The molecule has 2 heterocycles. The molecule has 44 heavy (non-hydrogen) atoms. The molecule has 0 saturated carbocycles. The molecule has 0 saturated heterocycles. The van der Waals surface area contributed by atoms with Gasteiger partial charge in [0, 0.05) is 44.7 Å². The summed E-state index contributed by atoms with van der Waals surface area (Å²) in [6, 6.07) is 35.5. The molecular formula is C42H34N2. The fraction of sp³-hybridized carbons (Fsp3) is 0.143. The van der Waals surface area contributed by atoms with E-state index in [1.807, 2.05) is 0 Å². The van der Waals surface area contributed by atoms with Gasteiger partial charge in [0.05, 0.1) is 16.6 Å². The minimum absolute atomic E-state index is 0.417. The Hall–Kier alpha value is -5.08. The third kappa shape index (κ3) is 4.02. The maximum absolute atomic E-state index is 2.53. The second-order valence-electron chi connectivity index (χ2n) is 12.3. The highest BCUT2D eigenvalue weighted by Gasteiger charge is 2.25. The van der Waals surface area contributed by atoms with Crippen molar-refractivity contribution in [2.75, 3.05) is 0 Å². The van der Waals surface area contributed by atoms with Crippen LogP contribution in [-0.2, 0) is 6.42 Å². The van der Waals surface area contributed by atoms with E-state index in [9.17, 15) is 0 Å². The van der Waals surface area contributed by atoms with Gasteiger partial charge < -0.3 is 9.13 Å². The number of para-hydroxylation sites is 3. The molecule has 0 amide bonds. The average Bonchev–Trinajstić information content (AvgIpc) is 3.61. The van der Waals surface area contributed by atoms with Crippen LogP contribution in [0.4, 0.5) is 0 Å². The maximum Gasteiger partial charge on any atom is 0.0541 e. The van der Waals surface area contributed by atoms with E-state index in [0.717, 1.165) is 32.1 Å². The number of hydrogen-bond acceptors (Lipinski definition) is 0. The third-order valence-corrected chi connectivity index (χ3v) is 9.79. The van der Waals surface area contributed by atoms with E-state index in [1.165, 1.54) is 66.5 Å². The van der Waals surface area contributed by atoms with Gasteiger partial charge in [-0.2, -0.15) is 0 Å². The van der Waals surface area contributed by atoms with Crippen molar-refractivity contribution in [3.63, 3.8) is 0 Å². The van der Waals surface area contributed by atoms with Crippen LogP contribution in [0.15, 0.2) is 139 Å². The van der Waals surface area contributed by atoms with Crippen molar-refractivity contribution in [1.29, 1.82) is 0 Å². The molecule has 212 valence electrons. The molecule has 3 aliphatic rings. The zero-order valence-corrected chi connectivity index (χ0v) is 24.8. The highest BCUT2D eigenvalue weighted by atomic mass is 15.0. The van der Waals surface area contributed by atoms with Gasteiger partial charge in [-0.15, -0.1) is 0 Å². The first-order valence-corrected chi connectivity index (χ1v) is 16.0. The Morgan fingerprint density at radius 1 is 0.614 bits per heavy atom. The molecule has 0 fully saturated rings. The van der Waals surface area contributed by atoms with E-state index < -0.39 is 0 Å². The van der Waals surface area contributed by atoms with Crippen LogP contribution in [0.3, 0.4) is 0 Å². The predicted molar refractivity (Wildman–Crippen MR) is 187 cm³/mol. The highest BCUT2D eigenvalue weighted by molar-refractivity contribution is 6.10. The van der Waals surface area contributed by atoms with E-state index in [1.54, 1.807) is 5.57 Å². The zero-order valence-electron chi connectivity index (χ0n) is 24.8. The Morgan fingerprint density at radius 2 is 1.39 bits per heavy atom. The Balaban J connectivity index is 1.12. The quantitative estimate of drug-likeness (QED) is 0.201. The number of aromatic nitrogens is 2. The minimum atomic E-state index is 0.417. The van der Waals surface area contributed by atoms with Crippen LogP contribution in [0, 0.1) is 5.92 Å². The zero-order chi connectivity index (χ0) is 29.0. The van der Waals surface area contributed by atoms with Crippen LogP contribution < -0.4 is 0 Å². The highest BCUT2D eigenvalue weighted by Crippen LogP contribution is 2.41. The summed E-state index contributed by atoms with van der Waals surface area (Å²) in [5, 5.41) is 3.97. The van der Waals surface area contributed by atoms with Crippen LogP contribution in [0.25, 0.3) is 55.7 Å². The summed E-state index contributed by atoms with van der Waals surface area (Å²) in [6.45, 7) is 0. The van der Waals surface area contributed by atoms with E-state index in [2.05, 4.69) is 149 Å². The topological polar surface area (TPSA) is 9.86 Å². The fourth-order valence-corrected chi connectivity index (χ4v) is 7.74. The van der Waals surface area contributed by atoms with Crippen molar-refractivity contribution in [2.24, 2.45) is 5.92 Å². The first-order valence-electron chi connectivity index (χ1n) is 16.0. The first kappa shape index (κ1) is 25.4. The summed E-state index contributed by atoms with van der Waals surface area (Å²) in [5.74, 6) is 0.417. The SMILES string of the molecule is C1=CC(n2c3c(c4ccccc42)C=C(C2C=C(c4ccc5c(c4)c4ccccc4n5-c4ccccc4)C=CC2)CC3)=CCC1. The number of fused-ring (bicyclic) bond motifs is 6. The normalized spacial score (nSPS) is 18.0. The van der Waals surface area contributed by atoms with Gasteiger partial charge in [-0.1, -0.05) is 103 Å². The molecule has 2 heteroatoms. The molecule has 0 radical (unpaired) electrons. The lowest BCUT2D eigenvalue weighted by Crippen LogP contribution is -2.11. The molecule has 3 aliphatic carbocycles. The largest absolute Gasteiger partial charge is 0.313 e. The van der Waals surface area contributed by atoms with Crippen LogP contribution in [0.2, 0.25) is 0 Å². The molecule has 6 aromatic rings. The number of benzene rings is 4. The maximum atomic E-state index is 2.53. The lowest BCUT2D eigenvalue weighted by Gasteiger charge is -2.24. The summed E-state index contributed by atoms with van der Waals surface area (Å²) < 4.78 is 4.92. The van der Waals surface area contributed by atoms with Crippen LogP contribution in [-0.4, -0.2) is 9.13 Å². The first-order chi connectivity index (χ1) is 21.8. The van der Waals surface area contributed by atoms with Crippen LogP contribution in [0.5, 0.6) is 0 Å². The van der Waals surface area contributed by atoms with E-state index in [4.69, 9.17) is 0 Å². The molecule has 0 N–H and O–H groups in total. The molecule has 0 aliphatic heterocycles. The van der Waals surface area contributed by atoms with Gasteiger partial charge >= 0.3 is 0 Å². The molecule has 9 rings (SSSR count). The van der Waals surface area contributed by atoms with Crippen molar-refractivity contribution in [3.8, 4) is 5.69 Å². The van der Waals surface area contributed by atoms with Gasteiger partial charge in [0.1, 0.15) is 0 Å². The van der Waals surface area contributed by atoms with Crippen molar-refractivity contribution in [1.82, 2.24) is 9.13 Å². The van der Waals surface area contributed by atoms with E-state index in [-0.39, 0.29) is 0 Å². The van der Waals surface area contributed by atoms with Crippen LogP contribution >= 0.6 is 0 Å². The lowest BCUT2D eigenvalue weighted by atomic mass is 9.81. The monoisotopic (exact) mass is 566 g/mol.